The van der Waals surface area contributed by atoms with E-state index in [2.05, 4.69) is 10.3 Å². The SMILES string of the molecule is NS(=O)(=O)c1ccc(Cl)c(NC(=O)c2cnccc2Cl)c1. The van der Waals surface area contributed by atoms with Crippen LogP contribution in [0.25, 0.3) is 0 Å². The number of rotatable bonds is 3. The third kappa shape index (κ3) is 3.70. The summed E-state index contributed by atoms with van der Waals surface area (Å²) in [7, 11) is -3.90. The Labute approximate surface area is 130 Å². The molecule has 0 atom stereocenters. The van der Waals surface area contributed by atoms with E-state index in [1.807, 2.05) is 0 Å². The molecule has 0 aliphatic carbocycles. The van der Waals surface area contributed by atoms with Crippen molar-refractivity contribution in [1.29, 1.82) is 0 Å². The molecule has 2 aromatic rings. The van der Waals surface area contributed by atoms with E-state index in [1.165, 1.54) is 36.7 Å². The average molecular weight is 346 g/mol. The minimum atomic E-state index is -3.90. The van der Waals surface area contributed by atoms with Crippen molar-refractivity contribution in [3.05, 3.63) is 52.3 Å². The third-order valence-electron chi connectivity index (χ3n) is 2.53. The highest BCUT2D eigenvalue weighted by Gasteiger charge is 2.15. The van der Waals surface area contributed by atoms with Gasteiger partial charge in [-0.1, -0.05) is 23.2 Å². The molecule has 6 nitrogen and oxygen atoms in total. The van der Waals surface area contributed by atoms with E-state index in [-0.39, 0.29) is 26.2 Å². The van der Waals surface area contributed by atoms with Crippen LogP contribution in [-0.4, -0.2) is 19.3 Å². The summed E-state index contributed by atoms with van der Waals surface area (Å²) >= 11 is 11.8. The molecule has 1 amide bonds. The van der Waals surface area contributed by atoms with Gasteiger partial charge in [0.2, 0.25) is 10.0 Å². The molecular weight excluding hydrogens is 337 g/mol. The van der Waals surface area contributed by atoms with Gasteiger partial charge in [-0.25, -0.2) is 13.6 Å². The van der Waals surface area contributed by atoms with Crippen LogP contribution in [0.2, 0.25) is 10.0 Å². The first kappa shape index (κ1) is 15.7. The van der Waals surface area contributed by atoms with Crippen LogP contribution in [-0.2, 0) is 10.0 Å². The molecule has 0 aliphatic rings. The van der Waals surface area contributed by atoms with Gasteiger partial charge < -0.3 is 5.32 Å². The van der Waals surface area contributed by atoms with Crippen molar-refractivity contribution in [1.82, 2.24) is 4.98 Å². The molecular formula is C12H9Cl2N3O3S. The van der Waals surface area contributed by atoms with E-state index in [0.29, 0.717) is 0 Å². The molecule has 0 fully saturated rings. The number of aromatic nitrogens is 1. The number of carbonyl (C=O) groups is 1. The van der Waals surface area contributed by atoms with Crippen LogP contribution in [0.4, 0.5) is 5.69 Å². The molecule has 0 bridgehead atoms. The number of amides is 1. The lowest BCUT2D eigenvalue weighted by Crippen LogP contribution is -2.15. The van der Waals surface area contributed by atoms with E-state index >= 15 is 0 Å². The first-order valence-electron chi connectivity index (χ1n) is 5.52. The zero-order chi connectivity index (χ0) is 15.6. The number of pyridine rings is 1. The number of hydrogen-bond acceptors (Lipinski definition) is 4. The van der Waals surface area contributed by atoms with Crippen molar-refractivity contribution in [2.24, 2.45) is 5.14 Å². The van der Waals surface area contributed by atoms with E-state index in [0.717, 1.165) is 0 Å². The highest BCUT2D eigenvalue weighted by atomic mass is 35.5. The minimum Gasteiger partial charge on any atom is -0.320 e. The number of nitrogens with zero attached hydrogens (tertiary/aromatic N) is 1. The largest absolute Gasteiger partial charge is 0.320 e. The van der Waals surface area contributed by atoms with E-state index in [1.54, 1.807) is 0 Å². The van der Waals surface area contributed by atoms with E-state index < -0.39 is 15.9 Å². The van der Waals surface area contributed by atoms with Gasteiger partial charge in [0.25, 0.3) is 5.91 Å². The molecule has 1 aromatic carbocycles. The molecule has 0 saturated heterocycles. The summed E-state index contributed by atoms with van der Waals surface area (Å²) in [5.41, 5.74) is 0.240. The maximum absolute atomic E-state index is 12.1. The van der Waals surface area contributed by atoms with Crippen molar-refractivity contribution in [2.45, 2.75) is 4.90 Å². The Hall–Kier alpha value is -1.67. The van der Waals surface area contributed by atoms with Gasteiger partial charge in [-0.05, 0) is 24.3 Å². The second-order valence-electron chi connectivity index (χ2n) is 4.00. The number of nitrogens with two attached hydrogens (primary N) is 1. The van der Waals surface area contributed by atoms with Gasteiger partial charge in [-0.3, -0.25) is 9.78 Å². The fourth-order valence-corrected chi connectivity index (χ4v) is 2.41. The maximum atomic E-state index is 12.1. The number of hydrogen-bond donors (Lipinski definition) is 2. The molecule has 0 radical (unpaired) electrons. The molecule has 1 aromatic heterocycles. The number of halogens is 2. The zero-order valence-corrected chi connectivity index (χ0v) is 12.7. The first-order valence-corrected chi connectivity index (χ1v) is 7.82. The Morgan fingerprint density at radius 2 is 1.90 bits per heavy atom. The molecule has 21 heavy (non-hydrogen) atoms. The first-order chi connectivity index (χ1) is 9.79. The van der Waals surface area contributed by atoms with Gasteiger partial charge >= 0.3 is 0 Å². The normalized spacial score (nSPS) is 11.2. The molecule has 0 saturated carbocycles. The highest BCUT2D eigenvalue weighted by molar-refractivity contribution is 7.89. The average Bonchev–Trinajstić information content (AvgIpc) is 2.40. The predicted molar refractivity (Wildman–Crippen MR) is 80.0 cm³/mol. The molecule has 2 rings (SSSR count). The van der Waals surface area contributed by atoms with Crippen LogP contribution in [0.1, 0.15) is 10.4 Å². The zero-order valence-electron chi connectivity index (χ0n) is 10.4. The number of benzene rings is 1. The van der Waals surface area contributed by atoms with Crippen LogP contribution in [0, 0.1) is 0 Å². The molecule has 110 valence electrons. The van der Waals surface area contributed by atoms with Gasteiger partial charge in [0, 0.05) is 12.4 Å². The van der Waals surface area contributed by atoms with Crippen LogP contribution in [0.3, 0.4) is 0 Å². The van der Waals surface area contributed by atoms with Crippen LogP contribution < -0.4 is 10.5 Å². The molecule has 3 N–H and O–H groups in total. The van der Waals surface area contributed by atoms with Gasteiger partial charge in [0.15, 0.2) is 0 Å². The molecule has 0 aliphatic heterocycles. The van der Waals surface area contributed by atoms with Gasteiger partial charge in [-0.2, -0.15) is 0 Å². The van der Waals surface area contributed by atoms with Crippen molar-refractivity contribution >= 4 is 44.8 Å². The van der Waals surface area contributed by atoms with Crippen molar-refractivity contribution < 1.29 is 13.2 Å². The van der Waals surface area contributed by atoms with Crippen molar-refractivity contribution in [2.75, 3.05) is 5.32 Å². The maximum Gasteiger partial charge on any atom is 0.258 e. The lowest BCUT2D eigenvalue weighted by atomic mass is 10.2. The highest BCUT2D eigenvalue weighted by Crippen LogP contribution is 2.26. The molecule has 1 heterocycles. The summed E-state index contributed by atoms with van der Waals surface area (Å²) in [6, 6.07) is 5.19. The standard InChI is InChI=1S/C12H9Cl2N3O3S/c13-9-3-4-16-6-8(9)12(18)17-11-5-7(21(15,19)20)1-2-10(11)14/h1-6H,(H,17,18)(H2,15,19,20). The topological polar surface area (TPSA) is 102 Å². The summed E-state index contributed by atoms with van der Waals surface area (Å²) in [4.78, 5) is 15.7. The van der Waals surface area contributed by atoms with Crippen LogP contribution in [0.5, 0.6) is 0 Å². The Bertz CT molecular complexity index is 809. The van der Waals surface area contributed by atoms with Crippen molar-refractivity contribution in [3.63, 3.8) is 0 Å². The fraction of sp³-hybridized carbons (Fsp3) is 0. The van der Waals surface area contributed by atoms with Crippen molar-refractivity contribution in [3.8, 4) is 0 Å². The molecule has 0 spiro atoms. The van der Waals surface area contributed by atoms with Crippen LogP contribution >= 0.6 is 23.2 Å². The Kier molecular flexibility index (Phi) is 4.48. The monoisotopic (exact) mass is 345 g/mol. The Morgan fingerprint density at radius 3 is 2.52 bits per heavy atom. The van der Waals surface area contributed by atoms with Gasteiger partial charge in [0.05, 0.1) is 26.2 Å². The summed E-state index contributed by atoms with van der Waals surface area (Å²) in [6.45, 7) is 0. The van der Waals surface area contributed by atoms with Gasteiger partial charge in [-0.15, -0.1) is 0 Å². The van der Waals surface area contributed by atoms with Crippen LogP contribution in [0.15, 0.2) is 41.6 Å². The number of carbonyl (C=O) groups excluding carboxylic acids is 1. The number of sulfonamides is 1. The Morgan fingerprint density at radius 1 is 1.19 bits per heavy atom. The quantitative estimate of drug-likeness (QED) is 0.890. The number of nitrogens with one attached hydrogen (secondary N) is 1. The Balaban J connectivity index is 2.36. The fourth-order valence-electron chi connectivity index (χ4n) is 1.51. The lowest BCUT2D eigenvalue weighted by molar-refractivity contribution is 0.102. The summed E-state index contributed by atoms with van der Waals surface area (Å²) in [6.07, 6.45) is 2.73. The smallest absolute Gasteiger partial charge is 0.258 e. The van der Waals surface area contributed by atoms with E-state index in [9.17, 15) is 13.2 Å². The minimum absolute atomic E-state index is 0.105. The molecule has 0 unspecified atom stereocenters. The second kappa shape index (κ2) is 5.98. The lowest BCUT2D eigenvalue weighted by Gasteiger charge is -2.09. The third-order valence-corrected chi connectivity index (χ3v) is 4.10. The summed E-state index contributed by atoms with van der Waals surface area (Å²) in [5.74, 6) is -0.568. The molecule has 9 heteroatoms. The second-order valence-corrected chi connectivity index (χ2v) is 6.37. The van der Waals surface area contributed by atoms with Gasteiger partial charge in [0.1, 0.15) is 0 Å². The van der Waals surface area contributed by atoms with E-state index in [4.69, 9.17) is 28.3 Å². The summed E-state index contributed by atoms with van der Waals surface area (Å²) in [5, 5.41) is 7.86. The number of anilines is 1. The predicted octanol–water partition coefficient (Wildman–Crippen LogP) is 2.29. The number of primary sulfonamides is 1. The summed E-state index contributed by atoms with van der Waals surface area (Å²) < 4.78 is 22.6.